The van der Waals surface area contributed by atoms with Gasteiger partial charge in [-0.05, 0) is 60.9 Å². The Balaban J connectivity index is 1.55. The zero-order valence-electron chi connectivity index (χ0n) is 17.0. The molecule has 0 saturated heterocycles. The molecule has 0 fully saturated rings. The lowest BCUT2D eigenvalue weighted by Crippen LogP contribution is -2.08. The highest BCUT2D eigenvalue weighted by Crippen LogP contribution is 2.30. The van der Waals surface area contributed by atoms with E-state index in [1.807, 2.05) is 68.6 Å². The molecule has 150 valence electrons. The summed E-state index contributed by atoms with van der Waals surface area (Å²) in [6.07, 6.45) is 3.63. The van der Waals surface area contributed by atoms with Gasteiger partial charge in [-0.3, -0.25) is 9.78 Å². The number of hydrogen-bond donors (Lipinski definition) is 2. The number of nitrogens with zero attached hydrogens (tertiary/aromatic N) is 1. The van der Waals surface area contributed by atoms with Crippen LogP contribution in [0.1, 0.15) is 16.8 Å². The second-order valence-electron chi connectivity index (χ2n) is 7.17. The Labute approximate surface area is 175 Å². The van der Waals surface area contributed by atoms with Gasteiger partial charge >= 0.3 is 0 Å². The lowest BCUT2D eigenvalue weighted by molar-refractivity contribution is 0.476. The van der Waals surface area contributed by atoms with E-state index in [1.54, 1.807) is 6.20 Å². The van der Waals surface area contributed by atoms with Crippen molar-refractivity contribution in [3.05, 3.63) is 106 Å². The molecule has 2 aromatic heterocycles. The first kappa shape index (κ1) is 19.5. The van der Waals surface area contributed by atoms with Crippen LogP contribution in [-0.2, 0) is 6.54 Å². The van der Waals surface area contributed by atoms with E-state index < -0.39 is 0 Å². The van der Waals surface area contributed by atoms with Gasteiger partial charge in [0.05, 0.1) is 0 Å². The van der Waals surface area contributed by atoms with Crippen LogP contribution < -0.4 is 15.6 Å². The molecule has 0 aliphatic heterocycles. The zero-order chi connectivity index (χ0) is 20.9. The summed E-state index contributed by atoms with van der Waals surface area (Å²) in [6.45, 7) is 4.51. The van der Waals surface area contributed by atoms with Crippen molar-refractivity contribution < 1.29 is 4.74 Å². The molecule has 0 spiro atoms. The first-order valence-corrected chi connectivity index (χ1v) is 9.80. The Hall–Kier alpha value is -3.86. The van der Waals surface area contributed by atoms with Crippen molar-refractivity contribution in [2.75, 3.05) is 5.32 Å². The van der Waals surface area contributed by atoms with Crippen molar-refractivity contribution in [2.24, 2.45) is 0 Å². The lowest BCUT2D eigenvalue weighted by atomic mass is 10.0. The van der Waals surface area contributed by atoms with Crippen molar-refractivity contribution in [1.82, 2.24) is 9.97 Å². The molecule has 2 aromatic carbocycles. The van der Waals surface area contributed by atoms with E-state index in [0.29, 0.717) is 18.0 Å². The van der Waals surface area contributed by atoms with E-state index >= 15 is 0 Å². The largest absolute Gasteiger partial charge is 0.457 e. The predicted molar refractivity (Wildman–Crippen MR) is 120 cm³/mol. The summed E-state index contributed by atoms with van der Waals surface area (Å²) in [4.78, 5) is 18.7. The molecule has 4 aromatic rings. The number of aryl methyl sites for hydroxylation is 1. The number of aromatic amines is 1. The van der Waals surface area contributed by atoms with Crippen molar-refractivity contribution >= 4 is 5.69 Å². The predicted octanol–water partition coefficient (Wildman–Crippen LogP) is 5.46. The highest BCUT2D eigenvalue weighted by molar-refractivity contribution is 5.69. The van der Waals surface area contributed by atoms with Gasteiger partial charge in [0.25, 0.3) is 5.56 Å². The van der Waals surface area contributed by atoms with Crippen LogP contribution in [0.4, 0.5) is 5.69 Å². The number of pyridine rings is 2. The topological polar surface area (TPSA) is 67.0 Å². The normalized spacial score (nSPS) is 10.6. The van der Waals surface area contributed by atoms with Crippen LogP contribution in [0.5, 0.6) is 11.5 Å². The quantitative estimate of drug-likeness (QED) is 0.453. The minimum atomic E-state index is -0.170. The monoisotopic (exact) mass is 397 g/mol. The summed E-state index contributed by atoms with van der Waals surface area (Å²) < 4.78 is 6.03. The third-order valence-corrected chi connectivity index (χ3v) is 4.98. The van der Waals surface area contributed by atoms with Crippen molar-refractivity contribution in [3.63, 3.8) is 0 Å². The van der Waals surface area contributed by atoms with E-state index in [2.05, 4.69) is 27.4 Å². The maximum absolute atomic E-state index is 11.8. The zero-order valence-corrected chi connectivity index (χ0v) is 17.0. The van der Waals surface area contributed by atoms with Crippen LogP contribution in [-0.4, -0.2) is 9.97 Å². The molecule has 0 amide bonds. The number of H-pyrrole nitrogens is 1. The van der Waals surface area contributed by atoms with Crippen LogP contribution in [0.3, 0.4) is 0 Å². The van der Waals surface area contributed by atoms with E-state index in [-0.39, 0.29) is 5.56 Å². The third-order valence-electron chi connectivity index (χ3n) is 4.98. The first-order chi connectivity index (χ1) is 14.6. The summed E-state index contributed by atoms with van der Waals surface area (Å²) in [6, 6.07) is 21.6. The van der Waals surface area contributed by atoms with Gasteiger partial charge in [0.15, 0.2) is 0 Å². The Morgan fingerprint density at radius 2 is 1.77 bits per heavy atom. The Morgan fingerprint density at radius 3 is 2.57 bits per heavy atom. The van der Waals surface area contributed by atoms with Crippen LogP contribution in [0.25, 0.3) is 11.1 Å². The lowest BCUT2D eigenvalue weighted by Gasteiger charge is -2.12. The van der Waals surface area contributed by atoms with Crippen LogP contribution in [0.15, 0.2) is 83.9 Å². The van der Waals surface area contributed by atoms with Gasteiger partial charge in [-0.25, -0.2) is 0 Å². The third kappa shape index (κ3) is 4.58. The summed E-state index contributed by atoms with van der Waals surface area (Å²) in [5.74, 6) is 1.26. The molecular weight excluding hydrogens is 374 g/mol. The standard InChI is InChI=1S/C25H23N3O2/c1-17-18(2)28-25(29)14-24(17)30-23-10-4-8-21(13-23)20-7-3-9-22(12-20)27-16-19-6-5-11-26-15-19/h3-15,27H,16H2,1-2H3,(H,28,29). The van der Waals surface area contributed by atoms with Gasteiger partial charge in [-0.15, -0.1) is 0 Å². The van der Waals surface area contributed by atoms with Gasteiger partial charge in [0.1, 0.15) is 11.5 Å². The maximum Gasteiger partial charge on any atom is 0.251 e. The number of ether oxygens (including phenoxy) is 1. The fourth-order valence-corrected chi connectivity index (χ4v) is 3.21. The number of nitrogens with one attached hydrogen (secondary N) is 2. The van der Waals surface area contributed by atoms with Gasteiger partial charge in [-0.1, -0.05) is 30.3 Å². The highest BCUT2D eigenvalue weighted by atomic mass is 16.5. The Bertz CT molecular complexity index is 1220. The van der Waals surface area contributed by atoms with E-state index in [9.17, 15) is 4.79 Å². The number of aromatic nitrogens is 2. The smallest absolute Gasteiger partial charge is 0.251 e. The first-order valence-electron chi connectivity index (χ1n) is 9.80. The van der Waals surface area contributed by atoms with E-state index in [1.165, 1.54) is 6.07 Å². The molecule has 0 saturated carbocycles. The summed E-state index contributed by atoms with van der Waals surface area (Å²) >= 11 is 0. The molecule has 0 bridgehead atoms. The molecule has 2 heterocycles. The van der Waals surface area contributed by atoms with Crippen LogP contribution in [0, 0.1) is 13.8 Å². The van der Waals surface area contributed by atoms with Gasteiger partial charge in [0, 0.05) is 41.9 Å². The minimum Gasteiger partial charge on any atom is -0.457 e. The molecule has 4 rings (SSSR count). The summed E-state index contributed by atoms with van der Waals surface area (Å²) in [5, 5.41) is 3.44. The summed E-state index contributed by atoms with van der Waals surface area (Å²) in [7, 11) is 0. The van der Waals surface area contributed by atoms with E-state index in [0.717, 1.165) is 33.6 Å². The minimum absolute atomic E-state index is 0.170. The van der Waals surface area contributed by atoms with Crippen molar-refractivity contribution in [2.45, 2.75) is 20.4 Å². The Morgan fingerprint density at radius 1 is 0.967 bits per heavy atom. The molecule has 2 N–H and O–H groups in total. The molecule has 0 unspecified atom stereocenters. The Kier molecular flexibility index (Phi) is 5.61. The van der Waals surface area contributed by atoms with Crippen LogP contribution in [0.2, 0.25) is 0 Å². The van der Waals surface area contributed by atoms with Gasteiger partial charge in [0.2, 0.25) is 0 Å². The average molecular weight is 397 g/mol. The van der Waals surface area contributed by atoms with Crippen LogP contribution >= 0.6 is 0 Å². The van der Waals surface area contributed by atoms with E-state index in [4.69, 9.17) is 4.74 Å². The van der Waals surface area contributed by atoms with Gasteiger partial charge in [-0.2, -0.15) is 0 Å². The number of benzene rings is 2. The van der Waals surface area contributed by atoms with Crippen molar-refractivity contribution in [3.8, 4) is 22.6 Å². The molecule has 0 aliphatic carbocycles. The maximum atomic E-state index is 11.8. The fraction of sp³-hybridized carbons (Fsp3) is 0.120. The summed E-state index contributed by atoms with van der Waals surface area (Å²) in [5.41, 5.74) is 5.83. The molecule has 0 aliphatic rings. The second-order valence-corrected chi connectivity index (χ2v) is 7.17. The fourth-order valence-electron chi connectivity index (χ4n) is 3.21. The molecule has 0 atom stereocenters. The molecular formula is C25H23N3O2. The SMILES string of the molecule is Cc1[nH]c(=O)cc(Oc2cccc(-c3cccc(NCc4cccnc4)c3)c2)c1C. The average Bonchev–Trinajstić information content (AvgIpc) is 2.77. The number of anilines is 1. The molecule has 30 heavy (non-hydrogen) atoms. The van der Waals surface area contributed by atoms with Crippen molar-refractivity contribution in [1.29, 1.82) is 0 Å². The van der Waals surface area contributed by atoms with Gasteiger partial charge < -0.3 is 15.0 Å². The number of rotatable bonds is 6. The second kappa shape index (κ2) is 8.66. The number of hydrogen-bond acceptors (Lipinski definition) is 4. The molecule has 0 radical (unpaired) electrons. The highest BCUT2D eigenvalue weighted by Gasteiger charge is 2.08. The molecule has 5 nitrogen and oxygen atoms in total. The molecule has 5 heteroatoms.